The van der Waals surface area contributed by atoms with E-state index in [0.29, 0.717) is 36.0 Å². The quantitative estimate of drug-likeness (QED) is 0.562. The van der Waals surface area contributed by atoms with Crippen LogP contribution in [0.4, 0.5) is 5.69 Å². The summed E-state index contributed by atoms with van der Waals surface area (Å²) in [6.07, 6.45) is 0. The molecule has 2 aliphatic rings. The molecule has 3 aromatic carbocycles. The number of carbonyl (C=O) groups excluding carboxylic acids is 2. The number of carbonyl (C=O) groups is 2. The maximum atomic E-state index is 13.6. The number of fused-ring (bicyclic) bond motifs is 1. The predicted octanol–water partition coefficient (Wildman–Crippen LogP) is 4.78. The van der Waals surface area contributed by atoms with Gasteiger partial charge in [0.15, 0.2) is 11.5 Å². The molecule has 0 unspecified atom stereocenters. The fraction of sp³-hybridized carbons (Fsp3) is 0.214. The molecule has 2 heterocycles. The molecule has 0 radical (unpaired) electrons. The second-order valence-electron chi connectivity index (χ2n) is 8.73. The fourth-order valence-corrected chi connectivity index (χ4v) is 4.32. The number of hydrogen-bond donors (Lipinski definition) is 1. The van der Waals surface area contributed by atoms with Crippen molar-refractivity contribution in [2.75, 3.05) is 18.5 Å². The Labute approximate surface area is 198 Å². The number of benzene rings is 3. The van der Waals surface area contributed by atoms with E-state index in [0.717, 1.165) is 27.8 Å². The lowest BCUT2D eigenvalue weighted by atomic mass is 9.97. The van der Waals surface area contributed by atoms with Crippen LogP contribution in [0.25, 0.3) is 5.57 Å². The third kappa shape index (κ3) is 4.03. The number of nitrogens with one attached hydrogen (secondary N) is 1. The van der Waals surface area contributed by atoms with Crippen molar-refractivity contribution in [1.82, 2.24) is 4.90 Å². The molecule has 0 spiro atoms. The smallest absolute Gasteiger partial charge is 0.278 e. The summed E-state index contributed by atoms with van der Waals surface area (Å²) < 4.78 is 11.3. The summed E-state index contributed by atoms with van der Waals surface area (Å²) in [5.41, 5.74) is 6.09. The van der Waals surface area contributed by atoms with Crippen molar-refractivity contribution in [3.05, 3.63) is 94.2 Å². The standard InChI is InChI=1S/C28H26N2O4/c1-17-4-7-20(8-5-17)16-30-27(31)25(22-10-6-18(2)14-19(22)3)26(28(30)32)29-21-9-11-23-24(15-21)34-13-12-33-23/h4-11,14-15,29H,12-13,16H2,1-3H3. The Kier molecular flexibility index (Phi) is 5.57. The van der Waals surface area contributed by atoms with Gasteiger partial charge in [-0.3, -0.25) is 14.5 Å². The van der Waals surface area contributed by atoms with Crippen LogP contribution >= 0.6 is 0 Å². The van der Waals surface area contributed by atoms with Crippen molar-refractivity contribution >= 4 is 23.1 Å². The summed E-state index contributed by atoms with van der Waals surface area (Å²) >= 11 is 0. The first-order valence-corrected chi connectivity index (χ1v) is 11.3. The van der Waals surface area contributed by atoms with E-state index >= 15 is 0 Å². The minimum Gasteiger partial charge on any atom is -0.486 e. The van der Waals surface area contributed by atoms with Crippen molar-refractivity contribution in [3.8, 4) is 11.5 Å². The van der Waals surface area contributed by atoms with Crippen molar-refractivity contribution in [1.29, 1.82) is 0 Å². The molecule has 2 amide bonds. The van der Waals surface area contributed by atoms with E-state index in [2.05, 4.69) is 5.32 Å². The van der Waals surface area contributed by atoms with Crippen molar-refractivity contribution in [3.63, 3.8) is 0 Å². The molecule has 2 aliphatic heterocycles. The molecular weight excluding hydrogens is 428 g/mol. The van der Waals surface area contributed by atoms with Crippen LogP contribution in [0.2, 0.25) is 0 Å². The first-order chi connectivity index (χ1) is 16.4. The first kappa shape index (κ1) is 21.8. The molecule has 6 heteroatoms. The monoisotopic (exact) mass is 454 g/mol. The zero-order valence-corrected chi connectivity index (χ0v) is 19.5. The van der Waals surface area contributed by atoms with E-state index < -0.39 is 0 Å². The largest absolute Gasteiger partial charge is 0.486 e. The number of amides is 2. The summed E-state index contributed by atoms with van der Waals surface area (Å²) in [7, 11) is 0. The van der Waals surface area contributed by atoms with Gasteiger partial charge >= 0.3 is 0 Å². The molecule has 0 atom stereocenters. The number of nitrogens with zero attached hydrogens (tertiary/aromatic N) is 1. The minimum atomic E-state index is -0.351. The first-order valence-electron chi connectivity index (χ1n) is 11.3. The molecule has 0 saturated heterocycles. The van der Waals surface area contributed by atoms with E-state index in [4.69, 9.17) is 9.47 Å². The number of aryl methyl sites for hydroxylation is 3. The molecule has 0 bridgehead atoms. The molecule has 0 aliphatic carbocycles. The molecule has 0 saturated carbocycles. The zero-order valence-electron chi connectivity index (χ0n) is 19.5. The normalized spacial score (nSPS) is 15.2. The van der Waals surface area contributed by atoms with Gasteiger partial charge in [0.05, 0.1) is 12.1 Å². The van der Waals surface area contributed by atoms with E-state index in [-0.39, 0.29) is 24.1 Å². The zero-order chi connectivity index (χ0) is 23.8. The second-order valence-corrected chi connectivity index (χ2v) is 8.73. The van der Waals surface area contributed by atoms with Crippen molar-refractivity contribution in [2.24, 2.45) is 0 Å². The van der Waals surface area contributed by atoms with E-state index in [1.807, 2.05) is 69.3 Å². The molecule has 0 aromatic heterocycles. The van der Waals surface area contributed by atoms with Crippen LogP contribution in [0.3, 0.4) is 0 Å². The van der Waals surface area contributed by atoms with Gasteiger partial charge in [-0.15, -0.1) is 0 Å². The van der Waals surface area contributed by atoms with E-state index in [1.165, 1.54) is 4.90 Å². The molecular formula is C28H26N2O4. The van der Waals surface area contributed by atoms with Crippen LogP contribution in [0.15, 0.2) is 66.4 Å². The van der Waals surface area contributed by atoms with Gasteiger partial charge in [-0.05, 0) is 49.6 Å². The van der Waals surface area contributed by atoms with Crippen LogP contribution in [0.5, 0.6) is 11.5 Å². The summed E-state index contributed by atoms with van der Waals surface area (Å²) in [6.45, 7) is 7.14. The third-order valence-electron chi connectivity index (χ3n) is 6.09. The second kappa shape index (κ2) is 8.71. The maximum Gasteiger partial charge on any atom is 0.278 e. The number of imide groups is 1. The van der Waals surface area contributed by atoms with Crippen LogP contribution in [-0.4, -0.2) is 29.9 Å². The highest BCUT2D eigenvalue weighted by molar-refractivity contribution is 6.36. The predicted molar refractivity (Wildman–Crippen MR) is 131 cm³/mol. The summed E-state index contributed by atoms with van der Waals surface area (Å²) in [6, 6.07) is 19.1. The van der Waals surface area contributed by atoms with Crippen LogP contribution < -0.4 is 14.8 Å². The average Bonchev–Trinajstić information content (AvgIpc) is 3.05. The fourth-order valence-electron chi connectivity index (χ4n) is 4.32. The number of ether oxygens (including phenoxy) is 2. The van der Waals surface area contributed by atoms with Gasteiger partial charge < -0.3 is 14.8 Å². The van der Waals surface area contributed by atoms with E-state index in [9.17, 15) is 9.59 Å². The van der Waals surface area contributed by atoms with E-state index in [1.54, 1.807) is 12.1 Å². The highest BCUT2D eigenvalue weighted by Gasteiger charge is 2.39. The lowest BCUT2D eigenvalue weighted by Gasteiger charge is -2.19. The highest BCUT2D eigenvalue weighted by atomic mass is 16.6. The Morgan fingerprint density at radius 1 is 0.794 bits per heavy atom. The SMILES string of the molecule is Cc1ccc(CN2C(=O)C(Nc3ccc4c(c3)OCCO4)=C(c3ccc(C)cc3C)C2=O)cc1. The van der Waals surface area contributed by atoms with Gasteiger partial charge in [-0.2, -0.15) is 0 Å². The molecule has 172 valence electrons. The molecule has 6 nitrogen and oxygen atoms in total. The molecule has 0 fully saturated rings. The Morgan fingerprint density at radius 2 is 1.50 bits per heavy atom. The summed E-state index contributed by atoms with van der Waals surface area (Å²) in [5.74, 6) is 0.612. The van der Waals surface area contributed by atoms with Gasteiger partial charge in [0.1, 0.15) is 18.9 Å². The van der Waals surface area contributed by atoms with Gasteiger partial charge in [0, 0.05) is 11.8 Å². The highest BCUT2D eigenvalue weighted by Crippen LogP contribution is 2.36. The molecule has 3 aromatic rings. The lowest BCUT2D eigenvalue weighted by Crippen LogP contribution is -2.32. The van der Waals surface area contributed by atoms with Gasteiger partial charge in [-0.1, -0.05) is 53.6 Å². The summed E-state index contributed by atoms with van der Waals surface area (Å²) in [4.78, 5) is 28.5. The number of hydrogen-bond acceptors (Lipinski definition) is 5. The Morgan fingerprint density at radius 3 is 2.24 bits per heavy atom. The Hall–Kier alpha value is -4.06. The van der Waals surface area contributed by atoms with Gasteiger partial charge in [0.25, 0.3) is 11.8 Å². The third-order valence-corrected chi connectivity index (χ3v) is 6.09. The van der Waals surface area contributed by atoms with Crippen molar-refractivity contribution < 1.29 is 19.1 Å². The molecule has 34 heavy (non-hydrogen) atoms. The van der Waals surface area contributed by atoms with Crippen LogP contribution in [0, 0.1) is 20.8 Å². The lowest BCUT2D eigenvalue weighted by molar-refractivity contribution is -0.137. The molecule has 1 N–H and O–H groups in total. The topological polar surface area (TPSA) is 67.9 Å². The van der Waals surface area contributed by atoms with Gasteiger partial charge in [-0.25, -0.2) is 0 Å². The number of rotatable bonds is 5. The van der Waals surface area contributed by atoms with Gasteiger partial charge in [0.2, 0.25) is 0 Å². The van der Waals surface area contributed by atoms with Crippen LogP contribution in [0.1, 0.15) is 27.8 Å². The summed E-state index contributed by atoms with van der Waals surface area (Å²) in [5, 5.41) is 3.22. The maximum absolute atomic E-state index is 13.6. The number of anilines is 1. The Balaban J connectivity index is 1.54. The van der Waals surface area contributed by atoms with Crippen molar-refractivity contribution in [2.45, 2.75) is 27.3 Å². The van der Waals surface area contributed by atoms with Crippen LogP contribution in [-0.2, 0) is 16.1 Å². The minimum absolute atomic E-state index is 0.207. The Bertz CT molecular complexity index is 1320. The average molecular weight is 455 g/mol. The molecule has 5 rings (SSSR count).